The normalized spacial score (nSPS) is 14.7. The van der Waals surface area contributed by atoms with Gasteiger partial charge >= 0.3 is 0 Å². The van der Waals surface area contributed by atoms with E-state index in [1.165, 1.54) is 0 Å². The first-order valence-electron chi connectivity index (χ1n) is 6.88. The lowest BCUT2D eigenvalue weighted by atomic mass is 10.0. The maximum Gasteiger partial charge on any atom is 0.251 e. The van der Waals surface area contributed by atoms with Crippen molar-refractivity contribution in [1.82, 2.24) is 20.7 Å². The van der Waals surface area contributed by atoms with Crippen LogP contribution in [0.25, 0.3) is 0 Å². The molecule has 112 valence electrons. The number of aromatic nitrogens is 1. The summed E-state index contributed by atoms with van der Waals surface area (Å²) in [5, 5.41) is 0. The molecule has 0 aromatic carbocycles. The summed E-state index contributed by atoms with van der Waals surface area (Å²) in [6.45, 7) is 2.97. The lowest BCUT2D eigenvalue weighted by molar-refractivity contribution is -0.138. The molecule has 2 rings (SSSR count). The van der Waals surface area contributed by atoms with Crippen LogP contribution in [0, 0.1) is 5.92 Å². The van der Waals surface area contributed by atoms with Crippen LogP contribution in [-0.2, 0) is 20.8 Å². The highest BCUT2D eigenvalue weighted by atomic mass is 16.2. The Morgan fingerprint density at radius 2 is 1.86 bits per heavy atom. The standard InChI is InChI=1S/C14H18N4O3/c1-2-18(8-5-10-3-6-15-7-4-10)12(19)9-11-13(20)16-17-14(11)21/h3-4,6-7,11H,2,5,8-9H2,1H3,(H,16,20)(H,17,21). The molecule has 21 heavy (non-hydrogen) atoms. The molecule has 0 spiro atoms. The van der Waals surface area contributed by atoms with E-state index >= 15 is 0 Å². The van der Waals surface area contributed by atoms with Crippen LogP contribution in [0.2, 0.25) is 0 Å². The molecular weight excluding hydrogens is 272 g/mol. The van der Waals surface area contributed by atoms with Gasteiger partial charge in [-0.3, -0.25) is 30.2 Å². The van der Waals surface area contributed by atoms with E-state index in [0.29, 0.717) is 19.5 Å². The quantitative estimate of drug-likeness (QED) is 0.700. The van der Waals surface area contributed by atoms with Gasteiger partial charge in [0, 0.05) is 31.9 Å². The fourth-order valence-corrected chi connectivity index (χ4v) is 2.18. The maximum atomic E-state index is 12.2. The first-order valence-corrected chi connectivity index (χ1v) is 6.88. The molecule has 0 radical (unpaired) electrons. The Balaban J connectivity index is 1.89. The van der Waals surface area contributed by atoms with Crippen LogP contribution in [0.3, 0.4) is 0 Å². The predicted octanol–water partition coefficient (Wildman–Crippen LogP) is -0.360. The number of hydrogen-bond donors (Lipinski definition) is 2. The smallest absolute Gasteiger partial charge is 0.251 e. The summed E-state index contributed by atoms with van der Waals surface area (Å²) < 4.78 is 0. The molecule has 1 aliphatic rings. The number of rotatable bonds is 6. The zero-order valence-corrected chi connectivity index (χ0v) is 11.8. The van der Waals surface area contributed by atoms with Crippen molar-refractivity contribution >= 4 is 17.7 Å². The minimum atomic E-state index is -0.924. The van der Waals surface area contributed by atoms with Gasteiger partial charge in [-0.1, -0.05) is 0 Å². The van der Waals surface area contributed by atoms with E-state index in [-0.39, 0.29) is 12.3 Å². The monoisotopic (exact) mass is 290 g/mol. The number of likely N-dealkylation sites (N-methyl/N-ethyl adjacent to an activating group) is 1. The van der Waals surface area contributed by atoms with E-state index in [0.717, 1.165) is 5.56 Å². The van der Waals surface area contributed by atoms with Gasteiger partial charge < -0.3 is 4.90 Å². The Morgan fingerprint density at radius 1 is 1.24 bits per heavy atom. The van der Waals surface area contributed by atoms with Crippen molar-refractivity contribution in [3.8, 4) is 0 Å². The maximum absolute atomic E-state index is 12.2. The molecule has 1 saturated heterocycles. The van der Waals surface area contributed by atoms with Crippen molar-refractivity contribution in [2.75, 3.05) is 13.1 Å². The molecule has 0 bridgehead atoms. The molecule has 2 heterocycles. The van der Waals surface area contributed by atoms with Crippen molar-refractivity contribution in [2.45, 2.75) is 19.8 Å². The third-order valence-electron chi connectivity index (χ3n) is 3.47. The van der Waals surface area contributed by atoms with Crippen LogP contribution in [0.15, 0.2) is 24.5 Å². The molecule has 0 aliphatic carbocycles. The molecule has 1 aromatic rings. The number of hydrogen-bond acceptors (Lipinski definition) is 4. The summed E-state index contributed by atoms with van der Waals surface area (Å²) in [5.74, 6) is -2.01. The Labute approximate surface area is 122 Å². The van der Waals surface area contributed by atoms with E-state index in [4.69, 9.17) is 0 Å². The van der Waals surface area contributed by atoms with Gasteiger partial charge in [0.1, 0.15) is 5.92 Å². The molecule has 1 aromatic heterocycles. The zero-order chi connectivity index (χ0) is 15.2. The third kappa shape index (κ3) is 3.77. The van der Waals surface area contributed by atoms with Gasteiger partial charge in [-0.25, -0.2) is 0 Å². The first-order chi connectivity index (χ1) is 10.1. The lowest BCUT2D eigenvalue weighted by Gasteiger charge is -2.21. The van der Waals surface area contributed by atoms with Gasteiger partial charge in [0.25, 0.3) is 11.8 Å². The minimum absolute atomic E-state index is 0.0954. The molecule has 7 heteroatoms. The Hall–Kier alpha value is -2.44. The van der Waals surface area contributed by atoms with Crippen molar-refractivity contribution in [3.63, 3.8) is 0 Å². The summed E-state index contributed by atoms with van der Waals surface area (Å²) in [6.07, 6.45) is 4.04. The number of carbonyl (C=O) groups is 3. The highest BCUT2D eigenvalue weighted by Gasteiger charge is 2.35. The van der Waals surface area contributed by atoms with Gasteiger partial charge in [0.05, 0.1) is 0 Å². The average molecular weight is 290 g/mol. The number of amides is 3. The molecule has 0 unspecified atom stereocenters. The Morgan fingerprint density at radius 3 is 2.43 bits per heavy atom. The lowest BCUT2D eigenvalue weighted by Crippen LogP contribution is -2.36. The summed E-state index contributed by atoms with van der Waals surface area (Å²) in [4.78, 5) is 40.7. The fraction of sp³-hybridized carbons (Fsp3) is 0.429. The molecule has 3 amide bonds. The second-order valence-electron chi connectivity index (χ2n) is 4.81. The molecule has 0 saturated carbocycles. The van der Waals surface area contributed by atoms with Crippen LogP contribution < -0.4 is 10.9 Å². The molecular formula is C14H18N4O3. The minimum Gasteiger partial charge on any atom is -0.343 e. The van der Waals surface area contributed by atoms with E-state index in [2.05, 4.69) is 15.8 Å². The molecule has 2 N–H and O–H groups in total. The number of hydrazine groups is 1. The SMILES string of the molecule is CCN(CCc1ccncc1)C(=O)CC1C(=O)NNC1=O. The van der Waals surface area contributed by atoms with Gasteiger partial charge in [-0.05, 0) is 31.0 Å². The van der Waals surface area contributed by atoms with Crippen molar-refractivity contribution < 1.29 is 14.4 Å². The number of pyridine rings is 1. The van der Waals surface area contributed by atoms with Gasteiger partial charge in [-0.15, -0.1) is 0 Å². The molecule has 1 fully saturated rings. The summed E-state index contributed by atoms with van der Waals surface area (Å²) >= 11 is 0. The van der Waals surface area contributed by atoms with Crippen LogP contribution in [-0.4, -0.2) is 40.7 Å². The summed E-state index contributed by atoms with van der Waals surface area (Å²) in [7, 11) is 0. The van der Waals surface area contributed by atoms with Crippen LogP contribution >= 0.6 is 0 Å². The van der Waals surface area contributed by atoms with Gasteiger partial charge in [-0.2, -0.15) is 0 Å². The van der Waals surface area contributed by atoms with Crippen molar-refractivity contribution in [3.05, 3.63) is 30.1 Å². The van der Waals surface area contributed by atoms with Crippen LogP contribution in [0.5, 0.6) is 0 Å². The predicted molar refractivity (Wildman–Crippen MR) is 74.6 cm³/mol. The van der Waals surface area contributed by atoms with Gasteiger partial charge in [0.2, 0.25) is 5.91 Å². The van der Waals surface area contributed by atoms with Gasteiger partial charge in [0.15, 0.2) is 0 Å². The van der Waals surface area contributed by atoms with Crippen LogP contribution in [0.4, 0.5) is 0 Å². The fourth-order valence-electron chi connectivity index (χ4n) is 2.18. The average Bonchev–Trinajstić information content (AvgIpc) is 2.81. The Kier molecular flexibility index (Phi) is 4.86. The number of nitrogens with one attached hydrogen (secondary N) is 2. The highest BCUT2D eigenvalue weighted by molar-refractivity contribution is 6.07. The van der Waals surface area contributed by atoms with E-state index in [1.807, 2.05) is 19.1 Å². The van der Waals surface area contributed by atoms with E-state index in [1.54, 1.807) is 17.3 Å². The summed E-state index contributed by atoms with van der Waals surface area (Å²) in [6, 6.07) is 3.80. The second kappa shape index (κ2) is 6.83. The second-order valence-corrected chi connectivity index (χ2v) is 4.81. The molecule has 7 nitrogen and oxygen atoms in total. The van der Waals surface area contributed by atoms with E-state index < -0.39 is 17.7 Å². The molecule has 1 aliphatic heterocycles. The topological polar surface area (TPSA) is 91.4 Å². The van der Waals surface area contributed by atoms with E-state index in [9.17, 15) is 14.4 Å². The zero-order valence-electron chi connectivity index (χ0n) is 11.8. The number of nitrogens with zero attached hydrogens (tertiary/aromatic N) is 2. The molecule has 0 atom stereocenters. The Bertz CT molecular complexity index is 516. The third-order valence-corrected chi connectivity index (χ3v) is 3.47. The first kappa shape index (κ1) is 15.0. The van der Waals surface area contributed by atoms with Crippen molar-refractivity contribution in [1.29, 1.82) is 0 Å². The summed E-state index contributed by atoms with van der Waals surface area (Å²) in [5.41, 5.74) is 5.54. The van der Waals surface area contributed by atoms with Crippen LogP contribution in [0.1, 0.15) is 18.9 Å². The number of carbonyl (C=O) groups excluding carboxylic acids is 3. The highest BCUT2D eigenvalue weighted by Crippen LogP contribution is 2.11. The largest absolute Gasteiger partial charge is 0.343 e. The van der Waals surface area contributed by atoms with Crippen molar-refractivity contribution in [2.24, 2.45) is 5.92 Å².